The number of nitrogens with two attached hydrogens (primary N) is 1. The third kappa shape index (κ3) is 2.72. The summed E-state index contributed by atoms with van der Waals surface area (Å²) in [5.41, 5.74) is 11.0. The van der Waals surface area contributed by atoms with Crippen LogP contribution in [0.1, 0.15) is 11.3 Å². The summed E-state index contributed by atoms with van der Waals surface area (Å²) < 4.78 is 1.11. The largest absolute Gasteiger partial charge is 0.398 e. The molecule has 1 aromatic heterocycles. The third-order valence-electron chi connectivity index (χ3n) is 3.51. The van der Waals surface area contributed by atoms with E-state index in [1.807, 2.05) is 37.4 Å². The Hall–Kier alpha value is -2.07. The second-order valence-electron chi connectivity index (χ2n) is 5.16. The molecule has 0 aliphatic rings. The zero-order valence-corrected chi connectivity index (χ0v) is 13.5. The fourth-order valence-corrected chi connectivity index (χ4v) is 2.60. The van der Waals surface area contributed by atoms with Crippen LogP contribution in [-0.2, 0) is 0 Å². The average molecular weight is 342 g/mol. The van der Waals surface area contributed by atoms with Crippen LogP contribution in [-0.4, -0.2) is 4.98 Å². The molecule has 1 heterocycles. The van der Waals surface area contributed by atoms with Crippen LogP contribution in [0.25, 0.3) is 10.8 Å². The van der Waals surface area contributed by atoms with Gasteiger partial charge >= 0.3 is 0 Å². The molecule has 0 aliphatic carbocycles. The number of nitrogens with zero attached hydrogens (tertiary/aromatic N) is 1. The first-order valence-corrected chi connectivity index (χ1v) is 7.52. The first kappa shape index (κ1) is 13.9. The van der Waals surface area contributed by atoms with E-state index in [1.54, 1.807) is 0 Å². The molecule has 0 atom stereocenters. The number of halogens is 1. The Morgan fingerprint density at radius 2 is 1.86 bits per heavy atom. The Kier molecular flexibility index (Phi) is 3.55. The van der Waals surface area contributed by atoms with Crippen molar-refractivity contribution in [2.45, 2.75) is 13.8 Å². The number of nitrogen functional groups attached to an aromatic ring is 1. The first-order chi connectivity index (χ1) is 10.0. The number of fused-ring (bicyclic) bond motifs is 1. The maximum Gasteiger partial charge on any atom is 0.0466 e. The molecule has 0 amide bonds. The predicted octanol–water partition coefficient (Wildman–Crippen LogP) is 4.94. The smallest absolute Gasteiger partial charge is 0.0466 e. The van der Waals surface area contributed by atoms with Crippen molar-refractivity contribution < 1.29 is 0 Å². The third-order valence-corrected chi connectivity index (χ3v) is 4.40. The maximum absolute atomic E-state index is 6.04. The van der Waals surface area contributed by atoms with Crippen molar-refractivity contribution in [1.29, 1.82) is 0 Å². The standard InChI is InChI=1S/C17H16BrN3/c1-10-7-12(3-4-15(10)18)21-17-6-5-16(19)14-9-20-11(2)8-13(14)17/h3-9,21H,19H2,1-2H3. The van der Waals surface area contributed by atoms with Gasteiger partial charge in [0, 0.05) is 44.2 Å². The van der Waals surface area contributed by atoms with Crippen LogP contribution in [0.15, 0.2) is 47.1 Å². The SMILES string of the molecule is Cc1cc2c(Nc3ccc(Br)c(C)c3)ccc(N)c2cn1. The lowest BCUT2D eigenvalue weighted by Gasteiger charge is -2.12. The highest BCUT2D eigenvalue weighted by molar-refractivity contribution is 9.10. The van der Waals surface area contributed by atoms with E-state index in [0.29, 0.717) is 0 Å². The van der Waals surface area contributed by atoms with Gasteiger partial charge in [-0.25, -0.2) is 0 Å². The molecule has 3 N–H and O–H groups in total. The highest BCUT2D eigenvalue weighted by Gasteiger charge is 2.06. The van der Waals surface area contributed by atoms with Gasteiger partial charge in [0.15, 0.2) is 0 Å². The van der Waals surface area contributed by atoms with E-state index < -0.39 is 0 Å². The van der Waals surface area contributed by atoms with E-state index in [0.717, 1.165) is 38.0 Å². The molecule has 0 saturated carbocycles. The lowest BCUT2D eigenvalue weighted by molar-refractivity contribution is 1.22. The molecule has 0 radical (unpaired) electrons. The van der Waals surface area contributed by atoms with E-state index in [-0.39, 0.29) is 0 Å². The Balaban J connectivity index is 2.10. The summed E-state index contributed by atoms with van der Waals surface area (Å²) in [5, 5.41) is 5.52. The van der Waals surface area contributed by atoms with Crippen LogP contribution in [0.3, 0.4) is 0 Å². The molecule has 0 bridgehead atoms. The lowest BCUT2D eigenvalue weighted by Crippen LogP contribution is -1.96. The molecule has 4 heteroatoms. The van der Waals surface area contributed by atoms with Gasteiger partial charge in [0.1, 0.15) is 0 Å². The molecule has 0 fully saturated rings. The molecular weight excluding hydrogens is 326 g/mol. The zero-order valence-electron chi connectivity index (χ0n) is 11.9. The van der Waals surface area contributed by atoms with Crippen LogP contribution in [0.5, 0.6) is 0 Å². The van der Waals surface area contributed by atoms with Crippen molar-refractivity contribution in [3.05, 3.63) is 58.3 Å². The van der Waals surface area contributed by atoms with E-state index >= 15 is 0 Å². The number of benzene rings is 2. The van der Waals surface area contributed by atoms with Crippen molar-refractivity contribution in [1.82, 2.24) is 4.98 Å². The minimum atomic E-state index is 0.745. The average Bonchev–Trinajstić information content (AvgIpc) is 2.46. The molecule has 3 aromatic rings. The highest BCUT2D eigenvalue weighted by Crippen LogP contribution is 2.31. The van der Waals surface area contributed by atoms with Gasteiger partial charge in [-0.1, -0.05) is 15.9 Å². The normalized spacial score (nSPS) is 10.8. The maximum atomic E-state index is 6.04. The van der Waals surface area contributed by atoms with Crippen LogP contribution in [0.4, 0.5) is 17.1 Å². The summed E-state index contributed by atoms with van der Waals surface area (Å²) in [6.07, 6.45) is 1.83. The van der Waals surface area contributed by atoms with Gasteiger partial charge in [0.25, 0.3) is 0 Å². The second kappa shape index (κ2) is 5.37. The number of rotatable bonds is 2. The molecule has 21 heavy (non-hydrogen) atoms. The van der Waals surface area contributed by atoms with Gasteiger partial charge in [0.05, 0.1) is 0 Å². The predicted molar refractivity (Wildman–Crippen MR) is 93.1 cm³/mol. The van der Waals surface area contributed by atoms with E-state index in [2.05, 4.69) is 45.3 Å². The summed E-state index contributed by atoms with van der Waals surface area (Å²) in [5.74, 6) is 0. The second-order valence-corrected chi connectivity index (χ2v) is 6.02. The molecule has 2 aromatic carbocycles. The van der Waals surface area contributed by atoms with Crippen LogP contribution in [0.2, 0.25) is 0 Å². The molecule has 106 valence electrons. The Morgan fingerprint density at radius 1 is 1.05 bits per heavy atom. The summed E-state index contributed by atoms with van der Waals surface area (Å²) in [6, 6.07) is 12.2. The Labute approximate surface area is 132 Å². The first-order valence-electron chi connectivity index (χ1n) is 6.72. The van der Waals surface area contributed by atoms with Crippen molar-refractivity contribution in [3.8, 4) is 0 Å². The van der Waals surface area contributed by atoms with Gasteiger partial charge in [-0.05, 0) is 55.8 Å². The molecule has 3 nitrogen and oxygen atoms in total. The minimum Gasteiger partial charge on any atom is -0.398 e. The van der Waals surface area contributed by atoms with Crippen LogP contribution in [0, 0.1) is 13.8 Å². The van der Waals surface area contributed by atoms with Crippen molar-refractivity contribution in [3.63, 3.8) is 0 Å². The number of aryl methyl sites for hydroxylation is 2. The topological polar surface area (TPSA) is 50.9 Å². The van der Waals surface area contributed by atoms with Crippen molar-refractivity contribution >= 4 is 43.8 Å². The van der Waals surface area contributed by atoms with Gasteiger partial charge in [0.2, 0.25) is 0 Å². The van der Waals surface area contributed by atoms with Gasteiger partial charge in [-0.15, -0.1) is 0 Å². The van der Waals surface area contributed by atoms with Gasteiger partial charge in [-0.3, -0.25) is 4.98 Å². The van der Waals surface area contributed by atoms with Crippen molar-refractivity contribution in [2.24, 2.45) is 0 Å². The quantitative estimate of drug-likeness (QED) is 0.649. The number of nitrogens with one attached hydrogen (secondary N) is 1. The Morgan fingerprint density at radius 3 is 2.62 bits per heavy atom. The molecule has 0 spiro atoms. The molecule has 3 rings (SSSR count). The van der Waals surface area contributed by atoms with Crippen molar-refractivity contribution in [2.75, 3.05) is 11.1 Å². The number of pyridine rings is 1. The molecular formula is C17H16BrN3. The lowest BCUT2D eigenvalue weighted by atomic mass is 10.1. The van der Waals surface area contributed by atoms with E-state index in [9.17, 15) is 0 Å². The van der Waals surface area contributed by atoms with E-state index in [4.69, 9.17) is 5.73 Å². The highest BCUT2D eigenvalue weighted by atomic mass is 79.9. The van der Waals surface area contributed by atoms with Gasteiger partial charge < -0.3 is 11.1 Å². The number of aromatic nitrogens is 1. The number of hydrogen-bond acceptors (Lipinski definition) is 3. The van der Waals surface area contributed by atoms with E-state index in [1.165, 1.54) is 5.56 Å². The van der Waals surface area contributed by atoms with Crippen LogP contribution >= 0.6 is 15.9 Å². The summed E-state index contributed by atoms with van der Waals surface area (Å²) in [6.45, 7) is 4.06. The fraction of sp³-hybridized carbons (Fsp3) is 0.118. The molecule has 0 saturated heterocycles. The molecule has 0 aliphatic heterocycles. The number of hydrogen-bond donors (Lipinski definition) is 2. The van der Waals surface area contributed by atoms with Gasteiger partial charge in [-0.2, -0.15) is 0 Å². The summed E-state index contributed by atoms with van der Waals surface area (Å²) in [7, 11) is 0. The molecule has 0 unspecified atom stereocenters. The number of anilines is 3. The minimum absolute atomic E-state index is 0.745. The summed E-state index contributed by atoms with van der Waals surface area (Å²) in [4.78, 5) is 4.33. The fourth-order valence-electron chi connectivity index (χ4n) is 2.35. The summed E-state index contributed by atoms with van der Waals surface area (Å²) >= 11 is 3.52. The monoisotopic (exact) mass is 341 g/mol. The zero-order chi connectivity index (χ0) is 15.0. The van der Waals surface area contributed by atoms with Crippen LogP contribution < -0.4 is 11.1 Å². The Bertz CT molecular complexity index is 828.